The van der Waals surface area contributed by atoms with Gasteiger partial charge in [0.1, 0.15) is 11.5 Å². The molecule has 2 aromatic rings. The molecule has 0 unspecified atom stereocenters. The zero-order chi connectivity index (χ0) is 11.5. The van der Waals surface area contributed by atoms with Crippen LogP contribution >= 0.6 is 22.6 Å². The van der Waals surface area contributed by atoms with Gasteiger partial charge in [-0.3, -0.25) is 4.98 Å². The maximum Gasteiger partial charge on any atom is 0.145 e. The summed E-state index contributed by atoms with van der Waals surface area (Å²) in [5.74, 6) is 1.52. The van der Waals surface area contributed by atoms with Gasteiger partial charge in [0.15, 0.2) is 0 Å². The number of rotatable bonds is 2. The lowest BCUT2D eigenvalue weighted by Crippen LogP contribution is -1.91. The number of nitrogen functional groups attached to an aromatic ring is 1. The molecule has 0 fully saturated rings. The van der Waals surface area contributed by atoms with Gasteiger partial charge >= 0.3 is 0 Å². The van der Waals surface area contributed by atoms with E-state index in [1.807, 2.05) is 37.3 Å². The van der Waals surface area contributed by atoms with Crippen LogP contribution in [0.4, 0.5) is 5.69 Å². The zero-order valence-electron chi connectivity index (χ0n) is 8.77. The van der Waals surface area contributed by atoms with Crippen molar-refractivity contribution >= 4 is 28.3 Å². The number of benzene rings is 1. The van der Waals surface area contributed by atoms with Gasteiger partial charge in [0.05, 0.1) is 9.77 Å². The van der Waals surface area contributed by atoms with E-state index in [0.717, 1.165) is 26.5 Å². The minimum atomic E-state index is 0.730. The molecule has 0 aliphatic rings. The number of hydrogen-bond donors (Lipinski definition) is 1. The number of nitrogens with zero attached hydrogens (tertiary/aromatic N) is 1. The number of aromatic nitrogens is 1. The van der Waals surface area contributed by atoms with Crippen molar-refractivity contribution in [3.63, 3.8) is 0 Å². The molecular formula is C12H11IN2O. The van der Waals surface area contributed by atoms with E-state index in [-0.39, 0.29) is 0 Å². The Balaban J connectivity index is 2.23. The monoisotopic (exact) mass is 326 g/mol. The second-order valence-electron chi connectivity index (χ2n) is 3.43. The van der Waals surface area contributed by atoms with Crippen LogP contribution in [0.15, 0.2) is 36.5 Å². The number of ether oxygens (including phenoxy) is 1. The summed E-state index contributed by atoms with van der Waals surface area (Å²) in [5, 5.41) is 0. The summed E-state index contributed by atoms with van der Waals surface area (Å²) >= 11 is 2.19. The van der Waals surface area contributed by atoms with Crippen LogP contribution < -0.4 is 10.5 Å². The Morgan fingerprint density at radius 1 is 1.25 bits per heavy atom. The van der Waals surface area contributed by atoms with Crippen molar-refractivity contribution in [1.29, 1.82) is 0 Å². The van der Waals surface area contributed by atoms with Crippen LogP contribution in [-0.4, -0.2) is 4.98 Å². The van der Waals surface area contributed by atoms with Gasteiger partial charge < -0.3 is 10.5 Å². The van der Waals surface area contributed by atoms with Gasteiger partial charge in [-0.2, -0.15) is 0 Å². The lowest BCUT2D eigenvalue weighted by Gasteiger charge is -2.07. The number of hydrogen-bond acceptors (Lipinski definition) is 3. The molecule has 0 aliphatic heterocycles. The van der Waals surface area contributed by atoms with E-state index in [1.165, 1.54) is 0 Å². The first-order chi connectivity index (χ1) is 7.65. The number of aryl methyl sites for hydroxylation is 1. The Kier molecular flexibility index (Phi) is 3.28. The number of anilines is 1. The van der Waals surface area contributed by atoms with Gasteiger partial charge in [0.25, 0.3) is 0 Å². The van der Waals surface area contributed by atoms with Crippen LogP contribution in [0.2, 0.25) is 0 Å². The van der Waals surface area contributed by atoms with Crippen molar-refractivity contribution in [2.75, 3.05) is 5.73 Å². The lowest BCUT2D eigenvalue weighted by molar-refractivity contribution is 0.476. The minimum absolute atomic E-state index is 0.730. The summed E-state index contributed by atoms with van der Waals surface area (Å²) in [7, 11) is 0. The summed E-state index contributed by atoms with van der Waals surface area (Å²) in [6, 6.07) is 9.36. The molecule has 1 aromatic carbocycles. The van der Waals surface area contributed by atoms with Crippen molar-refractivity contribution in [3.05, 3.63) is 45.8 Å². The van der Waals surface area contributed by atoms with Crippen molar-refractivity contribution in [3.8, 4) is 11.5 Å². The highest BCUT2D eigenvalue weighted by atomic mass is 127. The highest BCUT2D eigenvalue weighted by molar-refractivity contribution is 14.1. The third-order valence-electron chi connectivity index (χ3n) is 2.07. The van der Waals surface area contributed by atoms with E-state index < -0.39 is 0 Å². The Bertz CT molecular complexity index is 497. The van der Waals surface area contributed by atoms with Gasteiger partial charge in [0.2, 0.25) is 0 Å². The first kappa shape index (κ1) is 11.2. The average molecular weight is 326 g/mol. The molecule has 0 aliphatic carbocycles. The summed E-state index contributed by atoms with van der Waals surface area (Å²) in [6.45, 7) is 1.94. The first-order valence-electron chi connectivity index (χ1n) is 4.81. The largest absolute Gasteiger partial charge is 0.455 e. The number of halogens is 1. The Labute approximate surface area is 108 Å². The molecule has 1 aromatic heterocycles. The molecular weight excluding hydrogens is 315 g/mol. The van der Waals surface area contributed by atoms with Crippen LogP contribution in [0.5, 0.6) is 11.5 Å². The molecule has 0 saturated heterocycles. The van der Waals surface area contributed by atoms with Crippen molar-refractivity contribution in [2.45, 2.75) is 6.92 Å². The molecule has 4 heteroatoms. The van der Waals surface area contributed by atoms with E-state index in [1.54, 1.807) is 6.20 Å². The molecule has 0 radical (unpaired) electrons. The summed E-state index contributed by atoms with van der Waals surface area (Å²) < 4.78 is 6.68. The molecule has 16 heavy (non-hydrogen) atoms. The fourth-order valence-corrected chi connectivity index (χ4v) is 1.89. The van der Waals surface area contributed by atoms with E-state index in [0.29, 0.717) is 0 Å². The molecule has 0 atom stereocenters. The maximum absolute atomic E-state index is 5.69. The zero-order valence-corrected chi connectivity index (χ0v) is 10.9. The molecule has 2 N–H and O–H groups in total. The highest BCUT2D eigenvalue weighted by Crippen LogP contribution is 2.27. The normalized spacial score (nSPS) is 10.1. The van der Waals surface area contributed by atoms with E-state index >= 15 is 0 Å². The third kappa shape index (κ3) is 2.63. The summed E-state index contributed by atoms with van der Waals surface area (Å²) in [6.07, 6.45) is 1.71. The van der Waals surface area contributed by atoms with Crippen LogP contribution in [0.1, 0.15) is 5.69 Å². The predicted molar refractivity (Wildman–Crippen MR) is 72.6 cm³/mol. The van der Waals surface area contributed by atoms with E-state index in [2.05, 4.69) is 27.6 Å². The van der Waals surface area contributed by atoms with Gasteiger partial charge in [-0.1, -0.05) is 0 Å². The Hall–Kier alpha value is -1.30. The van der Waals surface area contributed by atoms with Gasteiger partial charge in [-0.25, -0.2) is 0 Å². The summed E-state index contributed by atoms with van der Waals surface area (Å²) in [4.78, 5) is 4.17. The molecule has 2 rings (SSSR count). The minimum Gasteiger partial charge on any atom is -0.455 e. The molecule has 0 bridgehead atoms. The Morgan fingerprint density at radius 3 is 2.69 bits per heavy atom. The maximum atomic E-state index is 5.69. The van der Waals surface area contributed by atoms with Gasteiger partial charge in [-0.15, -0.1) is 0 Å². The third-order valence-corrected chi connectivity index (χ3v) is 2.91. The SMILES string of the molecule is Cc1ccc(Oc2ccc(N)cc2I)cn1. The number of pyridine rings is 1. The quantitative estimate of drug-likeness (QED) is 0.680. The lowest BCUT2D eigenvalue weighted by atomic mass is 10.3. The van der Waals surface area contributed by atoms with Gasteiger partial charge in [-0.05, 0) is 59.8 Å². The van der Waals surface area contributed by atoms with Crippen LogP contribution in [0, 0.1) is 10.5 Å². The second kappa shape index (κ2) is 4.69. The van der Waals surface area contributed by atoms with Crippen molar-refractivity contribution in [2.24, 2.45) is 0 Å². The van der Waals surface area contributed by atoms with E-state index in [9.17, 15) is 0 Å². The number of nitrogens with two attached hydrogens (primary N) is 1. The van der Waals surface area contributed by atoms with Crippen LogP contribution in [-0.2, 0) is 0 Å². The van der Waals surface area contributed by atoms with Crippen LogP contribution in [0.3, 0.4) is 0 Å². The molecule has 82 valence electrons. The molecule has 3 nitrogen and oxygen atoms in total. The van der Waals surface area contributed by atoms with Crippen molar-refractivity contribution in [1.82, 2.24) is 4.98 Å². The van der Waals surface area contributed by atoms with E-state index in [4.69, 9.17) is 10.5 Å². The molecule has 1 heterocycles. The summed E-state index contributed by atoms with van der Waals surface area (Å²) in [5.41, 5.74) is 7.37. The topological polar surface area (TPSA) is 48.1 Å². The fraction of sp³-hybridized carbons (Fsp3) is 0.0833. The van der Waals surface area contributed by atoms with Crippen LogP contribution in [0.25, 0.3) is 0 Å². The Morgan fingerprint density at radius 2 is 2.06 bits per heavy atom. The van der Waals surface area contributed by atoms with Gasteiger partial charge in [0, 0.05) is 11.4 Å². The van der Waals surface area contributed by atoms with Crippen molar-refractivity contribution < 1.29 is 4.74 Å². The smallest absolute Gasteiger partial charge is 0.145 e. The predicted octanol–water partition coefficient (Wildman–Crippen LogP) is 3.37. The standard InChI is InChI=1S/C12H11IN2O/c1-8-2-4-10(7-15-8)16-12-5-3-9(14)6-11(12)13/h2-7H,14H2,1H3. The molecule has 0 saturated carbocycles. The average Bonchev–Trinajstić information content (AvgIpc) is 2.25. The second-order valence-corrected chi connectivity index (χ2v) is 4.59. The molecule has 0 spiro atoms. The highest BCUT2D eigenvalue weighted by Gasteiger charge is 2.03. The molecule has 0 amide bonds. The first-order valence-corrected chi connectivity index (χ1v) is 5.88. The fourth-order valence-electron chi connectivity index (χ4n) is 1.24.